The number of piperazine rings is 1. The molecule has 1 aliphatic carbocycles. The van der Waals surface area contributed by atoms with Gasteiger partial charge in [0.15, 0.2) is 0 Å². The minimum absolute atomic E-state index is 0.135. The summed E-state index contributed by atoms with van der Waals surface area (Å²) in [6.45, 7) is 17.9. The molecule has 5 rings (SSSR count). The molecular formula is C34H46N4O3. The number of aromatic carboxylic acids is 1. The highest BCUT2D eigenvalue weighted by Crippen LogP contribution is 2.39. The van der Waals surface area contributed by atoms with Crippen LogP contribution in [0.15, 0.2) is 66.5 Å². The number of unbranched alkanes of at least 4 members (excludes halogenated alkanes) is 2. The van der Waals surface area contributed by atoms with E-state index in [1.165, 1.54) is 36.8 Å². The van der Waals surface area contributed by atoms with Crippen LogP contribution < -0.4 is 9.64 Å². The molecule has 0 unspecified atom stereocenters. The fourth-order valence-corrected chi connectivity index (χ4v) is 5.63. The molecule has 0 atom stereocenters. The maximum atomic E-state index is 11.9. The number of hydrogen-bond donors (Lipinski definition) is 2. The Morgan fingerprint density at radius 1 is 1.15 bits per heavy atom. The normalized spacial score (nSPS) is 17.2. The van der Waals surface area contributed by atoms with Crippen LogP contribution in [-0.2, 0) is 0 Å². The molecule has 0 spiro atoms. The number of carboxylic acid groups (broad SMARTS) is 1. The van der Waals surface area contributed by atoms with Gasteiger partial charge in [-0.3, -0.25) is 4.90 Å². The molecule has 0 amide bonds. The van der Waals surface area contributed by atoms with Gasteiger partial charge >= 0.3 is 5.97 Å². The van der Waals surface area contributed by atoms with Crippen LogP contribution in [0.2, 0.25) is 0 Å². The van der Waals surface area contributed by atoms with Crippen LogP contribution in [0.3, 0.4) is 0 Å². The molecule has 1 saturated heterocycles. The van der Waals surface area contributed by atoms with E-state index in [1.807, 2.05) is 30.5 Å². The van der Waals surface area contributed by atoms with Crippen LogP contribution >= 0.6 is 0 Å². The quantitative estimate of drug-likeness (QED) is 0.276. The van der Waals surface area contributed by atoms with Gasteiger partial charge in [-0.25, -0.2) is 9.78 Å². The minimum atomic E-state index is -1.01. The van der Waals surface area contributed by atoms with Gasteiger partial charge in [-0.1, -0.05) is 65.2 Å². The molecule has 2 N–H and O–H groups in total. The summed E-state index contributed by atoms with van der Waals surface area (Å²) in [4.78, 5) is 24.1. The SMILES string of the molecule is C=CC1=C(CN2CCN(c3ccc(C(=O)O)c(Oc4cnc5[nH]ccc5c4)c3)CC2)CCC(C)(C)C1.CCCCC. The molecule has 1 fully saturated rings. The summed E-state index contributed by atoms with van der Waals surface area (Å²) in [6, 6.07) is 9.11. The predicted octanol–water partition coefficient (Wildman–Crippen LogP) is 8.06. The topological polar surface area (TPSA) is 81.7 Å². The third kappa shape index (κ3) is 8.00. The predicted molar refractivity (Wildman–Crippen MR) is 168 cm³/mol. The molecule has 2 aliphatic rings. The van der Waals surface area contributed by atoms with Crippen molar-refractivity contribution in [3.05, 3.63) is 72.1 Å². The summed E-state index contributed by atoms with van der Waals surface area (Å²) < 4.78 is 6.03. The van der Waals surface area contributed by atoms with E-state index in [0.29, 0.717) is 16.9 Å². The standard InChI is InChI=1S/C29H34N4O3.C5H12/c1-4-20-17-29(2,3)9-7-22(20)19-32-11-13-33(14-12-32)23-5-6-25(28(34)35)26(16-23)36-24-15-21-8-10-30-27(21)31-18-24;1-3-5-4-2/h4-6,8,10,15-16,18H,1,7,9,11-14,17,19H2,2-3H3,(H,30,31)(H,34,35);3-5H2,1-2H3. The number of fused-ring (bicyclic) bond motifs is 1. The Kier molecular flexibility index (Phi) is 10.3. The Hall–Kier alpha value is -3.58. The smallest absolute Gasteiger partial charge is 0.339 e. The molecule has 0 radical (unpaired) electrons. The number of hydrogen-bond acceptors (Lipinski definition) is 5. The Balaban J connectivity index is 0.000000714. The van der Waals surface area contributed by atoms with Crippen molar-refractivity contribution >= 4 is 22.7 Å². The molecular weight excluding hydrogens is 512 g/mol. The Morgan fingerprint density at radius 3 is 2.56 bits per heavy atom. The number of H-pyrrole nitrogens is 1. The molecule has 0 bridgehead atoms. The maximum absolute atomic E-state index is 11.9. The lowest BCUT2D eigenvalue weighted by Crippen LogP contribution is -2.47. The number of allylic oxidation sites excluding steroid dienone is 2. The van der Waals surface area contributed by atoms with E-state index in [-0.39, 0.29) is 5.56 Å². The number of pyridine rings is 1. The molecule has 7 heteroatoms. The van der Waals surface area contributed by atoms with Gasteiger partial charge in [0.2, 0.25) is 0 Å². The van der Waals surface area contributed by atoms with Crippen LogP contribution in [0, 0.1) is 5.41 Å². The van der Waals surface area contributed by atoms with Crippen LogP contribution in [0.4, 0.5) is 5.69 Å². The molecule has 7 nitrogen and oxygen atoms in total. The summed E-state index contributed by atoms with van der Waals surface area (Å²) in [5.74, 6) is -0.183. The van der Waals surface area contributed by atoms with Crippen molar-refractivity contribution in [3.63, 3.8) is 0 Å². The second kappa shape index (κ2) is 13.9. The zero-order chi connectivity index (χ0) is 29.4. The van der Waals surface area contributed by atoms with Crippen molar-refractivity contribution < 1.29 is 14.6 Å². The number of benzene rings is 1. The average Bonchev–Trinajstić information content (AvgIpc) is 3.43. The first kappa shape index (κ1) is 30.4. The lowest BCUT2D eigenvalue weighted by atomic mass is 9.74. The highest BCUT2D eigenvalue weighted by atomic mass is 16.5. The third-order valence-corrected chi connectivity index (χ3v) is 8.13. The molecule has 3 aromatic rings. The van der Waals surface area contributed by atoms with E-state index in [0.717, 1.165) is 62.3 Å². The molecule has 1 aliphatic heterocycles. The number of rotatable bonds is 9. The summed E-state index contributed by atoms with van der Waals surface area (Å²) in [6.07, 6.45) is 13.0. The second-order valence-electron chi connectivity index (χ2n) is 12.0. The Labute approximate surface area is 244 Å². The molecule has 2 aromatic heterocycles. The largest absolute Gasteiger partial charge is 0.478 e. The highest BCUT2D eigenvalue weighted by molar-refractivity contribution is 5.92. The number of carboxylic acids is 1. The van der Waals surface area contributed by atoms with Gasteiger partial charge in [-0.2, -0.15) is 0 Å². The monoisotopic (exact) mass is 558 g/mol. The number of aromatic amines is 1. The summed E-state index contributed by atoms with van der Waals surface area (Å²) in [5.41, 5.74) is 5.18. The van der Waals surface area contributed by atoms with Gasteiger partial charge in [0.05, 0.1) is 6.20 Å². The number of nitrogens with one attached hydrogen (secondary N) is 1. The van der Waals surface area contributed by atoms with E-state index >= 15 is 0 Å². The van der Waals surface area contributed by atoms with Crippen molar-refractivity contribution in [2.24, 2.45) is 5.41 Å². The molecule has 0 saturated carbocycles. The van der Waals surface area contributed by atoms with Crippen LogP contribution in [0.25, 0.3) is 11.0 Å². The van der Waals surface area contributed by atoms with E-state index in [4.69, 9.17) is 4.74 Å². The Morgan fingerprint density at radius 2 is 1.90 bits per heavy atom. The number of ether oxygens (including phenoxy) is 1. The molecule has 3 heterocycles. The fourth-order valence-electron chi connectivity index (χ4n) is 5.63. The van der Waals surface area contributed by atoms with Crippen LogP contribution in [0.1, 0.15) is 76.6 Å². The van der Waals surface area contributed by atoms with Crippen molar-refractivity contribution in [3.8, 4) is 11.5 Å². The maximum Gasteiger partial charge on any atom is 0.339 e. The van der Waals surface area contributed by atoms with Gasteiger partial charge in [-0.15, -0.1) is 0 Å². The van der Waals surface area contributed by atoms with E-state index in [9.17, 15) is 9.90 Å². The Bertz CT molecular complexity index is 1360. The zero-order valence-corrected chi connectivity index (χ0v) is 25.2. The lowest BCUT2D eigenvalue weighted by molar-refractivity contribution is 0.0694. The lowest BCUT2D eigenvalue weighted by Gasteiger charge is -2.39. The van der Waals surface area contributed by atoms with Gasteiger partial charge in [-0.05, 0) is 54.5 Å². The first-order valence-corrected chi connectivity index (χ1v) is 15.0. The summed E-state index contributed by atoms with van der Waals surface area (Å²) in [7, 11) is 0. The van der Waals surface area contributed by atoms with Crippen LogP contribution in [0.5, 0.6) is 11.5 Å². The summed E-state index contributed by atoms with van der Waals surface area (Å²) >= 11 is 0. The number of nitrogens with zero attached hydrogens (tertiary/aromatic N) is 3. The van der Waals surface area contributed by atoms with Gasteiger partial charge < -0.3 is 19.7 Å². The fraction of sp³-hybridized carbons (Fsp3) is 0.471. The van der Waals surface area contributed by atoms with Gasteiger partial charge in [0, 0.05) is 56.1 Å². The zero-order valence-electron chi connectivity index (χ0n) is 25.2. The number of carbonyl (C=O) groups is 1. The second-order valence-corrected chi connectivity index (χ2v) is 12.0. The van der Waals surface area contributed by atoms with Crippen molar-refractivity contribution in [2.75, 3.05) is 37.6 Å². The highest BCUT2D eigenvalue weighted by Gasteiger charge is 2.27. The van der Waals surface area contributed by atoms with Crippen molar-refractivity contribution in [1.29, 1.82) is 0 Å². The van der Waals surface area contributed by atoms with Crippen LogP contribution in [-0.4, -0.2) is 58.7 Å². The van der Waals surface area contributed by atoms with E-state index in [2.05, 4.69) is 60.1 Å². The number of anilines is 1. The van der Waals surface area contributed by atoms with Gasteiger partial charge in [0.25, 0.3) is 0 Å². The van der Waals surface area contributed by atoms with E-state index in [1.54, 1.807) is 12.3 Å². The molecule has 1 aromatic carbocycles. The van der Waals surface area contributed by atoms with Crippen molar-refractivity contribution in [2.45, 2.75) is 66.2 Å². The van der Waals surface area contributed by atoms with E-state index < -0.39 is 5.97 Å². The summed E-state index contributed by atoms with van der Waals surface area (Å²) in [5, 5.41) is 10.6. The molecule has 220 valence electrons. The number of aromatic nitrogens is 2. The van der Waals surface area contributed by atoms with Gasteiger partial charge in [0.1, 0.15) is 22.7 Å². The minimum Gasteiger partial charge on any atom is -0.478 e. The molecule has 41 heavy (non-hydrogen) atoms. The first-order chi connectivity index (χ1) is 19.7. The first-order valence-electron chi connectivity index (χ1n) is 15.0. The third-order valence-electron chi connectivity index (χ3n) is 8.13. The van der Waals surface area contributed by atoms with Crippen molar-refractivity contribution in [1.82, 2.24) is 14.9 Å². The average molecular weight is 559 g/mol.